The fourth-order valence-corrected chi connectivity index (χ4v) is 3.64. The van der Waals surface area contributed by atoms with E-state index in [1.807, 2.05) is 0 Å². The van der Waals surface area contributed by atoms with Gasteiger partial charge in [-0.1, -0.05) is 19.3 Å². The van der Waals surface area contributed by atoms with Crippen LogP contribution in [0.1, 0.15) is 62.2 Å². The molecule has 0 unspecified atom stereocenters. The number of anilines is 2. The Morgan fingerprint density at radius 1 is 1.11 bits per heavy atom. The van der Waals surface area contributed by atoms with Crippen LogP contribution in [0.15, 0.2) is 6.20 Å². The van der Waals surface area contributed by atoms with E-state index in [9.17, 15) is 9.59 Å². The van der Waals surface area contributed by atoms with Gasteiger partial charge in [0.1, 0.15) is 5.82 Å². The number of aromatic nitrogens is 2. The molecule has 1 aromatic rings. The Labute approximate surface area is 159 Å². The van der Waals surface area contributed by atoms with E-state index in [0.717, 1.165) is 25.7 Å². The Bertz CT molecular complexity index is 669. The first-order chi connectivity index (χ1) is 13.0. The van der Waals surface area contributed by atoms with Crippen molar-refractivity contribution in [1.29, 1.82) is 0 Å². The van der Waals surface area contributed by atoms with Crippen LogP contribution in [0.3, 0.4) is 0 Å². The molecule has 9 heteroatoms. The topological polar surface area (TPSA) is 122 Å². The number of amides is 1. The third-order valence-electron chi connectivity index (χ3n) is 5.05. The minimum absolute atomic E-state index is 0.179. The molecule has 4 N–H and O–H groups in total. The highest BCUT2D eigenvalue weighted by molar-refractivity contribution is 5.97. The van der Waals surface area contributed by atoms with Crippen molar-refractivity contribution in [3.63, 3.8) is 0 Å². The normalized spacial score (nSPS) is 19.4. The lowest BCUT2D eigenvalue weighted by Crippen LogP contribution is -2.40. The Morgan fingerprint density at radius 3 is 2.41 bits per heavy atom. The predicted molar refractivity (Wildman–Crippen MR) is 101 cm³/mol. The molecule has 1 aromatic heterocycles. The third kappa shape index (κ3) is 5.53. The van der Waals surface area contributed by atoms with E-state index in [-0.39, 0.29) is 12.0 Å². The molecule has 0 spiro atoms. The molecule has 1 amide bonds. The van der Waals surface area contributed by atoms with E-state index >= 15 is 0 Å². The number of hydrogen-bond acceptors (Lipinski definition) is 8. The summed E-state index contributed by atoms with van der Waals surface area (Å²) in [7, 11) is 0. The second kappa shape index (κ2) is 8.98. The molecule has 0 radical (unpaired) electrons. The average Bonchev–Trinajstić information content (AvgIpc) is 2.64. The maximum absolute atomic E-state index is 11.7. The summed E-state index contributed by atoms with van der Waals surface area (Å²) in [6, 6.07) is 0.491. The highest BCUT2D eigenvalue weighted by Crippen LogP contribution is 2.23. The van der Waals surface area contributed by atoms with Crippen LogP contribution in [0.4, 0.5) is 11.8 Å². The number of primary amides is 1. The zero-order valence-corrected chi connectivity index (χ0v) is 15.7. The van der Waals surface area contributed by atoms with Gasteiger partial charge in [-0.05, 0) is 25.7 Å². The van der Waals surface area contributed by atoms with Crippen LogP contribution in [0.2, 0.25) is 0 Å². The first kappa shape index (κ1) is 19.3. The monoisotopic (exact) mass is 376 g/mol. The van der Waals surface area contributed by atoms with E-state index in [1.54, 1.807) is 5.06 Å². The average molecular weight is 376 g/mol. The Hall–Kier alpha value is -2.42. The Kier molecular flexibility index (Phi) is 6.44. The van der Waals surface area contributed by atoms with Crippen molar-refractivity contribution in [3.8, 4) is 0 Å². The lowest BCUT2D eigenvalue weighted by Gasteiger charge is -2.30. The van der Waals surface area contributed by atoms with Gasteiger partial charge in [-0.25, -0.2) is 4.98 Å². The highest BCUT2D eigenvalue weighted by atomic mass is 16.7. The van der Waals surface area contributed by atoms with Crippen LogP contribution in [-0.2, 0) is 9.63 Å². The van der Waals surface area contributed by atoms with Gasteiger partial charge in [0.25, 0.3) is 5.91 Å². The van der Waals surface area contributed by atoms with Crippen molar-refractivity contribution >= 4 is 23.6 Å². The van der Waals surface area contributed by atoms with Gasteiger partial charge in [0.2, 0.25) is 5.95 Å². The molecule has 0 bridgehead atoms. The number of hydroxylamine groups is 2. The molecule has 148 valence electrons. The summed E-state index contributed by atoms with van der Waals surface area (Å²) in [5.41, 5.74) is 5.80. The third-order valence-corrected chi connectivity index (χ3v) is 5.05. The molecule has 1 saturated heterocycles. The molecule has 2 heterocycles. The van der Waals surface area contributed by atoms with Gasteiger partial charge in [0.05, 0.1) is 5.56 Å². The fourth-order valence-electron chi connectivity index (χ4n) is 3.64. The van der Waals surface area contributed by atoms with Crippen molar-refractivity contribution in [3.05, 3.63) is 11.8 Å². The van der Waals surface area contributed by atoms with Crippen molar-refractivity contribution < 1.29 is 14.4 Å². The zero-order valence-electron chi connectivity index (χ0n) is 15.7. The quantitative estimate of drug-likeness (QED) is 0.685. The van der Waals surface area contributed by atoms with E-state index in [1.165, 1.54) is 32.4 Å². The van der Waals surface area contributed by atoms with Crippen LogP contribution in [-0.4, -0.2) is 52.1 Å². The number of rotatable bonds is 6. The molecule has 9 nitrogen and oxygen atoms in total. The molecule has 3 rings (SSSR count). The van der Waals surface area contributed by atoms with E-state index in [0.29, 0.717) is 36.5 Å². The van der Waals surface area contributed by atoms with Crippen LogP contribution in [0, 0.1) is 0 Å². The number of carbonyl (C=O) groups excluding carboxylic acids is 2. The van der Waals surface area contributed by atoms with Crippen LogP contribution in [0.5, 0.6) is 0 Å². The second-order valence-electron chi connectivity index (χ2n) is 7.23. The first-order valence-electron chi connectivity index (χ1n) is 9.64. The van der Waals surface area contributed by atoms with Crippen molar-refractivity contribution in [1.82, 2.24) is 15.0 Å². The minimum Gasteiger partial charge on any atom is -0.368 e. The summed E-state index contributed by atoms with van der Waals surface area (Å²) in [6.07, 6.45) is 8.85. The Morgan fingerprint density at radius 2 is 1.78 bits per heavy atom. The van der Waals surface area contributed by atoms with E-state index in [4.69, 9.17) is 10.6 Å². The van der Waals surface area contributed by atoms with Gasteiger partial charge >= 0.3 is 5.97 Å². The molecule has 0 atom stereocenters. The van der Waals surface area contributed by atoms with Crippen molar-refractivity contribution in [2.45, 2.75) is 64.0 Å². The summed E-state index contributed by atoms with van der Waals surface area (Å²) in [5, 5.41) is 8.37. The number of nitrogens with zero attached hydrogens (tertiary/aromatic N) is 3. The summed E-state index contributed by atoms with van der Waals surface area (Å²) in [5.74, 6) is 0.147. The minimum atomic E-state index is -0.533. The summed E-state index contributed by atoms with van der Waals surface area (Å²) in [4.78, 5) is 36.6. The van der Waals surface area contributed by atoms with Crippen LogP contribution in [0.25, 0.3) is 0 Å². The number of piperidine rings is 1. The lowest BCUT2D eigenvalue weighted by molar-refractivity contribution is -0.191. The summed E-state index contributed by atoms with van der Waals surface area (Å²) < 4.78 is 0. The molecule has 27 heavy (non-hydrogen) atoms. The van der Waals surface area contributed by atoms with Gasteiger partial charge in [-0.2, -0.15) is 4.98 Å². The number of hydrogen-bond donors (Lipinski definition) is 3. The summed E-state index contributed by atoms with van der Waals surface area (Å²) in [6.45, 7) is 2.72. The van der Waals surface area contributed by atoms with Crippen molar-refractivity contribution in [2.24, 2.45) is 5.73 Å². The first-order valence-corrected chi connectivity index (χ1v) is 9.64. The zero-order chi connectivity index (χ0) is 19.2. The van der Waals surface area contributed by atoms with Gasteiger partial charge in [-0.15, -0.1) is 5.06 Å². The predicted octanol–water partition coefficient (Wildman–Crippen LogP) is 1.67. The van der Waals surface area contributed by atoms with Crippen molar-refractivity contribution in [2.75, 3.05) is 23.7 Å². The highest BCUT2D eigenvalue weighted by Gasteiger charge is 2.23. The fraction of sp³-hybridized carbons (Fsp3) is 0.667. The van der Waals surface area contributed by atoms with Crippen LogP contribution < -0.4 is 16.4 Å². The maximum Gasteiger partial charge on any atom is 0.322 e. The van der Waals surface area contributed by atoms with Gasteiger partial charge < -0.3 is 21.2 Å². The number of carbonyl (C=O) groups is 2. The molecular formula is C18H28N6O3. The molecular weight excluding hydrogens is 348 g/mol. The van der Waals surface area contributed by atoms with Crippen LogP contribution >= 0.6 is 0 Å². The smallest absolute Gasteiger partial charge is 0.322 e. The number of nitrogens with two attached hydrogens (primary N) is 1. The number of nitrogens with one attached hydrogen (secondary N) is 2. The second-order valence-corrected chi connectivity index (χ2v) is 7.23. The summed E-state index contributed by atoms with van der Waals surface area (Å²) >= 11 is 0. The van der Waals surface area contributed by atoms with Gasteiger partial charge in [0.15, 0.2) is 0 Å². The van der Waals surface area contributed by atoms with E-state index in [2.05, 4.69) is 20.6 Å². The van der Waals surface area contributed by atoms with E-state index < -0.39 is 5.91 Å². The standard InChI is InChI=1S/C18H28N6O3/c1-12(25)27-24-9-7-14(8-10-24)22-18-20-11-15(16(19)26)17(23-18)21-13-5-3-2-4-6-13/h11,13-14H,2-10H2,1H3,(H2,19,26)(H2,20,21,22,23). The molecule has 1 saturated carbocycles. The lowest BCUT2D eigenvalue weighted by atomic mass is 9.95. The molecule has 0 aromatic carbocycles. The molecule has 1 aliphatic heterocycles. The molecule has 1 aliphatic carbocycles. The van der Waals surface area contributed by atoms with Gasteiger partial charge in [-0.3, -0.25) is 9.59 Å². The largest absolute Gasteiger partial charge is 0.368 e. The molecule has 2 aliphatic rings. The SMILES string of the molecule is CC(=O)ON1CCC(Nc2ncc(C(N)=O)c(NC3CCCCC3)n2)CC1. The molecule has 2 fully saturated rings. The van der Waals surface area contributed by atoms with Gasteiger partial charge in [0, 0.05) is 38.3 Å². The maximum atomic E-state index is 11.7. The Balaban J connectivity index is 1.63.